The van der Waals surface area contributed by atoms with Crippen molar-refractivity contribution in [2.45, 2.75) is 46.1 Å². The highest BCUT2D eigenvalue weighted by molar-refractivity contribution is 5.69. The summed E-state index contributed by atoms with van der Waals surface area (Å²) in [7, 11) is 4.21. The van der Waals surface area contributed by atoms with Gasteiger partial charge in [0.1, 0.15) is 0 Å². The van der Waals surface area contributed by atoms with Crippen molar-refractivity contribution in [3.8, 4) is 0 Å². The lowest BCUT2D eigenvalue weighted by molar-refractivity contribution is 0.177. The van der Waals surface area contributed by atoms with E-state index in [0.29, 0.717) is 11.5 Å². The first-order valence-corrected chi connectivity index (χ1v) is 7.42. The van der Waals surface area contributed by atoms with Gasteiger partial charge in [0, 0.05) is 20.1 Å². The smallest absolute Gasteiger partial charge is 0.0596 e. The normalized spacial score (nSPS) is 25.9. The lowest BCUT2D eigenvalue weighted by Gasteiger charge is -2.40. The first kappa shape index (κ1) is 14.2. The Balaban J connectivity index is 2.10. The van der Waals surface area contributed by atoms with Gasteiger partial charge in [-0.2, -0.15) is 0 Å². The van der Waals surface area contributed by atoms with Gasteiger partial charge in [-0.15, -0.1) is 0 Å². The highest BCUT2D eigenvalue weighted by atomic mass is 15.1. The van der Waals surface area contributed by atoms with Crippen molar-refractivity contribution in [3.63, 3.8) is 0 Å². The van der Waals surface area contributed by atoms with Crippen LogP contribution in [0, 0.1) is 11.3 Å². The zero-order valence-electron chi connectivity index (χ0n) is 13.0. The zero-order chi connectivity index (χ0) is 14.0. The minimum absolute atomic E-state index is 0.513. The van der Waals surface area contributed by atoms with E-state index in [-0.39, 0.29) is 0 Å². The van der Waals surface area contributed by atoms with E-state index in [2.05, 4.69) is 69.3 Å². The van der Waals surface area contributed by atoms with Crippen LogP contribution in [0.3, 0.4) is 0 Å². The molecule has 1 N–H and O–H groups in total. The summed E-state index contributed by atoms with van der Waals surface area (Å²) < 4.78 is 0. The zero-order valence-corrected chi connectivity index (χ0v) is 13.0. The van der Waals surface area contributed by atoms with Crippen molar-refractivity contribution < 1.29 is 0 Å². The predicted octanol–water partition coefficient (Wildman–Crippen LogP) is 4.38. The lowest BCUT2D eigenvalue weighted by Crippen LogP contribution is -2.37. The number of nitrogens with one attached hydrogen (secondary N) is 1. The van der Waals surface area contributed by atoms with Gasteiger partial charge in [0.05, 0.1) is 11.4 Å². The van der Waals surface area contributed by atoms with Crippen molar-refractivity contribution >= 4 is 11.4 Å². The van der Waals surface area contributed by atoms with Crippen LogP contribution < -0.4 is 10.2 Å². The number of nitrogens with zero attached hydrogens (tertiary/aromatic N) is 1. The molecular formula is C17H28N2. The second-order valence-corrected chi connectivity index (χ2v) is 7.05. The molecule has 1 aromatic rings. The van der Waals surface area contributed by atoms with Crippen molar-refractivity contribution in [2.24, 2.45) is 11.3 Å². The molecule has 0 heterocycles. The molecule has 0 radical (unpaired) electrons. The van der Waals surface area contributed by atoms with Gasteiger partial charge >= 0.3 is 0 Å². The molecule has 2 atom stereocenters. The first-order valence-electron chi connectivity index (χ1n) is 7.42. The number of anilines is 2. The van der Waals surface area contributed by atoms with Crippen LogP contribution in [0.2, 0.25) is 0 Å². The van der Waals surface area contributed by atoms with Crippen LogP contribution >= 0.6 is 0 Å². The van der Waals surface area contributed by atoms with Crippen molar-refractivity contribution in [3.05, 3.63) is 24.3 Å². The van der Waals surface area contributed by atoms with Gasteiger partial charge in [0.15, 0.2) is 0 Å². The molecule has 2 nitrogen and oxygen atoms in total. The molecular weight excluding hydrogens is 232 g/mol. The third-order valence-electron chi connectivity index (χ3n) is 4.42. The maximum atomic E-state index is 3.78. The van der Waals surface area contributed by atoms with Crippen LogP contribution in [0.15, 0.2) is 24.3 Å². The summed E-state index contributed by atoms with van der Waals surface area (Å²) in [4.78, 5) is 2.18. The molecule has 0 saturated heterocycles. The van der Waals surface area contributed by atoms with Crippen LogP contribution in [0.25, 0.3) is 0 Å². The molecule has 2 heteroatoms. The van der Waals surface area contributed by atoms with Crippen molar-refractivity contribution in [2.75, 3.05) is 24.3 Å². The van der Waals surface area contributed by atoms with Gasteiger partial charge in [-0.3, -0.25) is 0 Å². The molecule has 2 rings (SSSR count). The van der Waals surface area contributed by atoms with Crippen LogP contribution in [0.4, 0.5) is 11.4 Å². The Hall–Kier alpha value is -1.18. The second-order valence-electron chi connectivity index (χ2n) is 7.05. The fraction of sp³-hybridized carbons (Fsp3) is 0.647. The van der Waals surface area contributed by atoms with E-state index in [1.165, 1.54) is 30.6 Å². The first-order chi connectivity index (χ1) is 8.89. The summed E-state index contributed by atoms with van der Waals surface area (Å²) in [6, 6.07) is 9.21. The molecule has 1 saturated carbocycles. The second kappa shape index (κ2) is 5.44. The maximum absolute atomic E-state index is 3.78. The van der Waals surface area contributed by atoms with Gasteiger partial charge < -0.3 is 10.2 Å². The van der Waals surface area contributed by atoms with Gasteiger partial charge in [-0.05, 0) is 42.7 Å². The summed E-state index contributed by atoms with van der Waals surface area (Å²) in [6.07, 6.45) is 3.91. The summed E-state index contributed by atoms with van der Waals surface area (Å²) in [5, 5.41) is 3.78. The highest BCUT2D eigenvalue weighted by Crippen LogP contribution is 2.40. The highest BCUT2D eigenvalue weighted by Gasteiger charge is 2.32. The lowest BCUT2D eigenvalue weighted by atomic mass is 9.70. The molecule has 1 aliphatic carbocycles. The Labute approximate surface area is 118 Å². The SMILES string of the molecule is CC1CC(C)(C)CCC1Nc1ccccc1N(C)C. The number of hydrogen-bond acceptors (Lipinski definition) is 2. The van der Waals surface area contributed by atoms with Crippen LogP contribution in [-0.4, -0.2) is 20.1 Å². The molecule has 1 aromatic carbocycles. The monoisotopic (exact) mass is 260 g/mol. The van der Waals surface area contributed by atoms with E-state index < -0.39 is 0 Å². The van der Waals surface area contributed by atoms with E-state index in [1.54, 1.807) is 0 Å². The number of para-hydroxylation sites is 2. The minimum Gasteiger partial charge on any atom is -0.380 e. The van der Waals surface area contributed by atoms with Crippen LogP contribution in [-0.2, 0) is 0 Å². The van der Waals surface area contributed by atoms with E-state index in [1.807, 2.05) is 0 Å². The maximum Gasteiger partial charge on any atom is 0.0596 e. The van der Waals surface area contributed by atoms with E-state index in [4.69, 9.17) is 0 Å². The molecule has 0 aliphatic heterocycles. The van der Waals surface area contributed by atoms with Crippen molar-refractivity contribution in [1.82, 2.24) is 0 Å². The summed E-state index contributed by atoms with van der Waals surface area (Å²) >= 11 is 0. The van der Waals surface area contributed by atoms with E-state index >= 15 is 0 Å². The molecule has 0 amide bonds. The molecule has 1 aliphatic rings. The number of hydrogen-bond donors (Lipinski definition) is 1. The Morgan fingerprint density at radius 2 is 1.89 bits per heavy atom. The Bertz CT molecular complexity index is 423. The van der Waals surface area contributed by atoms with Gasteiger partial charge in [-0.1, -0.05) is 32.9 Å². The van der Waals surface area contributed by atoms with Crippen LogP contribution in [0.1, 0.15) is 40.0 Å². The Morgan fingerprint density at radius 3 is 2.53 bits per heavy atom. The van der Waals surface area contributed by atoms with E-state index in [9.17, 15) is 0 Å². The molecule has 0 spiro atoms. The fourth-order valence-corrected chi connectivity index (χ4v) is 3.35. The third-order valence-corrected chi connectivity index (χ3v) is 4.42. The molecule has 0 bridgehead atoms. The summed E-state index contributed by atoms with van der Waals surface area (Å²) in [5.41, 5.74) is 3.06. The third kappa shape index (κ3) is 3.43. The molecule has 19 heavy (non-hydrogen) atoms. The van der Waals surface area contributed by atoms with E-state index in [0.717, 1.165) is 5.92 Å². The van der Waals surface area contributed by atoms with Crippen LogP contribution in [0.5, 0.6) is 0 Å². The Kier molecular flexibility index (Phi) is 4.07. The summed E-state index contributed by atoms with van der Waals surface area (Å²) in [6.45, 7) is 7.18. The quantitative estimate of drug-likeness (QED) is 0.867. The van der Waals surface area contributed by atoms with Gasteiger partial charge in [-0.25, -0.2) is 0 Å². The summed E-state index contributed by atoms with van der Waals surface area (Å²) in [5.74, 6) is 0.735. The molecule has 106 valence electrons. The van der Waals surface area contributed by atoms with Crippen molar-refractivity contribution in [1.29, 1.82) is 0 Å². The average Bonchev–Trinajstić information content (AvgIpc) is 2.32. The molecule has 2 unspecified atom stereocenters. The Morgan fingerprint density at radius 1 is 1.21 bits per heavy atom. The van der Waals surface area contributed by atoms with Gasteiger partial charge in [0.2, 0.25) is 0 Å². The molecule has 0 aromatic heterocycles. The number of rotatable bonds is 3. The molecule has 1 fully saturated rings. The topological polar surface area (TPSA) is 15.3 Å². The largest absolute Gasteiger partial charge is 0.380 e. The predicted molar refractivity (Wildman–Crippen MR) is 85.0 cm³/mol. The van der Waals surface area contributed by atoms with Gasteiger partial charge in [0.25, 0.3) is 0 Å². The fourth-order valence-electron chi connectivity index (χ4n) is 3.35. The standard InChI is InChI=1S/C17H28N2/c1-13-12-17(2,3)11-10-14(13)18-15-8-6-7-9-16(15)19(4)5/h6-9,13-14,18H,10-12H2,1-5H3. The average molecular weight is 260 g/mol. The minimum atomic E-state index is 0.513. The number of benzene rings is 1.